The molecule has 1 spiro atoms. The van der Waals surface area contributed by atoms with Crippen LogP contribution in [0.25, 0.3) is 75.5 Å². The SMILES string of the molecule is c1ccc(-c2ccc(-c3cc(N(c4ccc5c(c4)Sc4ccccc4C54c5ccccc5-c5ccccc54)c4ccc5c(c4)sc4ccccc45)cc4c3oc3ccccc34)cc2)cc1. The molecular formula is C61H37NOS2. The van der Waals surface area contributed by atoms with Crippen molar-refractivity contribution >= 4 is 82.3 Å². The van der Waals surface area contributed by atoms with Crippen LogP contribution in [0, 0.1) is 0 Å². The van der Waals surface area contributed by atoms with Crippen molar-refractivity contribution in [3.05, 3.63) is 247 Å². The maximum absolute atomic E-state index is 6.79. The summed E-state index contributed by atoms with van der Waals surface area (Å²) in [6.07, 6.45) is 0. The second-order valence-corrected chi connectivity index (χ2v) is 19.3. The zero-order valence-electron chi connectivity index (χ0n) is 35.0. The lowest BCUT2D eigenvalue weighted by Gasteiger charge is -2.40. The van der Waals surface area contributed by atoms with Crippen molar-refractivity contribution < 1.29 is 4.42 Å². The molecule has 3 heterocycles. The summed E-state index contributed by atoms with van der Waals surface area (Å²) in [7, 11) is 0. The molecule has 12 aromatic rings. The lowest BCUT2D eigenvalue weighted by Crippen LogP contribution is -2.32. The number of fused-ring (bicyclic) bond motifs is 15. The average Bonchev–Trinajstić information content (AvgIpc) is 4.03. The summed E-state index contributed by atoms with van der Waals surface area (Å²) in [5, 5.41) is 4.77. The van der Waals surface area contributed by atoms with E-state index >= 15 is 0 Å². The molecule has 0 N–H and O–H groups in total. The van der Waals surface area contributed by atoms with Gasteiger partial charge in [0.2, 0.25) is 0 Å². The molecule has 0 saturated carbocycles. The van der Waals surface area contributed by atoms with Crippen molar-refractivity contribution in [3.63, 3.8) is 0 Å². The lowest BCUT2D eigenvalue weighted by atomic mass is 9.67. The average molecular weight is 864 g/mol. The topological polar surface area (TPSA) is 16.4 Å². The van der Waals surface area contributed by atoms with Gasteiger partial charge < -0.3 is 9.32 Å². The molecule has 0 saturated heterocycles. The Morgan fingerprint density at radius 3 is 1.77 bits per heavy atom. The number of furan rings is 1. The Balaban J connectivity index is 1.02. The summed E-state index contributed by atoms with van der Waals surface area (Å²) in [6, 6.07) is 82.8. The largest absolute Gasteiger partial charge is 0.455 e. The molecule has 10 aromatic carbocycles. The summed E-state index contributed by atoms with van der Waals surface area (Å²) >= 11 is 3.74. The first-order chi connectivity index (χ1) is 32.2. The van der Waals surface area contributed by atoms with Crippen molar-refractivity contribution in [2.24, 2.45) is 0 Å². The molecule has 1 aliphatic carbocycles. The smallest absolute Gasteiger partial charge is 0.143 e. The number of rotatable bonds is 5. The van der Waals surface area contributed by atoms with Crippen molar-refractivity contribution in [1.29, 1.82) is 0 Å². The molecule has 2 aliphatic rings. The van der Waals surface area contributed by atoms with Crippen molar-refractivity contribution in [1.82, 2.24) is 0 Å². The standard InChI is InChI=1S/C61H37NOS2/c1-2-14-38(15-3-1)39-26-28-40(29-27-39)49-34-43(35-50-46-18-6-11-23-55(46)63-60(49)50)62(41-30-32-48-47-19-7-12-24-56(47)64-58(48)36-41)42-31-33-54-59(37-42)65-57-25-13-10-22-53(57)61(54)51-20-8-4-16-44(51)45-17-5-9-21-52(45)61/h1-37H. The molecule has 1 aliphatic heterocycles. The predicted octanol–water partition coefficient (Wildman–Crippen LogP) is 17.6. The molecule has 0 radical (unpaired) electrons. The highest BCUT2D eigenvalue weighted by Crippen LogP contribution is 2.62. The van der Waals surface area contributed by atoms with Gasteiger partial charge in [0.25, 0.3) is 0 Å². The van der Waals surface area contributed by atoms with E-state index in [1.807, 2.05) is 23.1 Å². The first-order valence-corrected chi connectivity index (χ1v) is 23.8. The number of thiophene rings is 1. The number of hydrogen-bond acceptors (Lipinski definition) is 4. The Kier molecular flexibility index (Phi) is 8.04. The van der Waals surface area contributed by atoms with Crippen molar-refractivity contribution in [2.45, 2.75) is 15.2 Å². The second-order valence-electron chi connectivity index (χ2n) is 17.1. The Morgan fingerprint density at radius 1 is 0.354 bits per heavy atom. The molecule has 0 bridgehead atoms. The third kappa shape index (κ3) is 5.42. The van der Waals surface area contributed by atoms with Crippen LogP contribution in [0.15, 0.2) is 239 Å². The van der Waals surface area contributed by atoms with Crippen LogP contribution in [-0.4, -0.2) is 0 Å². The highest BCUT2D eigenvalue weighted by Gasteiger charge is 2.50. The van der Waals surface area contributed by atoms with Gasteiger partial charge in [-0.05, 0) is 105 Å². The van der Waals surface area contributed by atoms with E-state index in [-0.39, 0.29) is 0 Å². The quantitative estimate of drug-likeness (QED) is 0.172. The van der Waals surface area contributed by atoms with E-state index < -0.39 is 5.41 Å². The minimum absolute atomic E-state index is 0.447. The fourth-order valence-corrected chi connectivity index (χ4v) is 13.3. The zero-order valence-corrected chi connectivity index (χ0v) is 36.7. The van der Waals surface area contributed by atoms with Crippen LogP contribution in [0.5, 0.6) is 0 Å². The second kappa shape index (κ2) is 14.2. The van der Waals surface area contributed by atoms with Gasteiger partial charge in [0.15, 0.2) is 0 Å². The van der Waals surface area contributed by atoms with Crippen LogP contribution >= 0.6 is 23.1 Å². The Hall–Kier alpha value is -7.63. The summed E-state index contributed by atoms with van der Waals surface area (Å²) in [5.41, 5.74) is 17.1. The van der Waals surface area contributed by atoms with Crippen LogP contribution in [-0.2, 0) is 5.41 Å². The number of para-hydroxylation sites is 1. The van der Waals surface area contributed by atoms with E-state index in [9.17, 15) is 0 Å². The van der Waals surface area contributed by atoms with Crippen LogP contribution in [0.2, 0.25) is 0 Å². The summed E-state index contributed by atoms with van der Waals surface area (Å²) in [5.74, 6) is 0. The minimum atomic E-state index is -0.447. The first kappa shape index (κ1) is 36.8. The van der Waals surface area contributed by atoms with Crippen molar-refractivity contribution in [2.75, 3.05) is 4.90 Å². The van der Waals surface area contributed by atoms with E-state index in [1.165, 1.54) is 74.5 Å². The number of benzene rings is 10. The number of nitrogens with zero attached hydrogens (tertiary/aromatic N) is 1. The van der Waals surface area contributed by atoms with Gasteiger partial charge in [0, 0.05) is 63.4 Å². The highest BCUT2D eigenvalue weighted by molar-refractivity contribution is 7.99. The molecule has 14 rings (SSSR count). The fourth-order valence-electron chi connectivity index (χ4n) is 10.9. The molecular weight excluding hydrogens is 827 g/mol. The third-order valence-electron chi connectivity index (χ3n) is 13.7. The molecule has 0 fully saturated rings. The maximum atomic E-state index is 6.79. The van der Waals surface area contributed by atoms with Crippen LogP contribution in [0.1, 0.15) is 22.3 Å². The Morgan fingerprint density at radius 2 is 0.954 bits per heavy atom. The molecule has 2 nitrogen and oxygen atoms in total. The maximum Gasteiger partial charge on any atom is 0.143 e. The van der Waals surface area contributed by atoms with Gasteiger partial charge in [0.1, 0.15) is 11.2 Å². The fraction of sp³-hybridized carbons (Fsp3) is 0.0164. The van der Waals surface area contributed by atoms with Crippen LogP contribution < -0.4 is 4.90 Å². The lowest BCUT2D eigenvalue weighted by molar-refractivity contribution is 0.670. The minimum Gasteiger partial charge on any atom is -0.455 e. The van der Waals surface area contributed by atoms with Gasteiger partial charge in [-0.15, -0.1) is 11.3 Å². The molecule has 0 amide bonds. The number of anilines is 3. The molecule has 4 heteroatoms. The predicted molar refractivity (Wildman–Crippen MR) is 274 cm³/mol. The van der Waals surface area contributed by atoms with Gasteiger partial charge in [-0.25, -0.2) is 0 Å². The van der Waals surface area contributed by atoms with E-state index in [0.717, 1.165) is 50.1 Å². The summed E-state index contributed by atoms with van der Waals surface area (Å²) in [6.45, 7) is 0. The van der Waals surface area contributed by atoms with Crippen LogP contribution in [0.4, 0.5) is 17.1 Å². The molecule has 0 unspecified atom stereocenters. The molecule has 304 valence electrons. The monoisotopic (exact) mass is 863 g/mol. The molecule has 2 aromatic heterocycles. The third-order valence-corrected chi connectivity index (χ3v) is 16.0. The first-order valence-electron chi connectivity index (χ1n) is 22.1. The van der Waals surface area contributed by atoms with Crippen LogP contribution in [0.3, 0.4) is 0 Å². The van der Waals surface area contributed by atoms with Gasteiger partial charge in [-0.1, -0.05) is 182 Å². The Labute approximate surface area is 384 Å². The Bertz CT molecular complexity index is 3830. The summed E-state index contributed by atoms with van der Waals surface area (Å²) < 4.78 is 9.35. The number of hydrogen-bond donors (Lipinski definition) is 0. The summed E-state index contributed by atoms with van der Waals surface area (Å²) in [4.78, 5) is 5.01. The van der Waals surface area contributed by atoms with E-state index in [1.54, 1.807) is 0 Å². The van der Waals surface area contributed by atoms with Gasteiger partial charge in [0.05, 0.1) is 5.41 Å². The zero-order chi connectivity index (χ0) is 42.6. The van der Waals surface area contributed by atoms with Crippen molar-refractivity contribution in [3.8, 4) is 33.4 Å². The van der Waals surface area contributed by atoms with Gasteiger partial charge in [-0.3, -0.25) is 0 Å². The van der Waals surface area contributed by atoms with E-state index in [2.05, 4.69) is 229 Å². The molecule has 65 heavy (non-hydrogen) atoms. The van der Waals surface area contributed by atoms with Gasteiger partial charge in [-0.2, -0.15) is 0 Å². The highest BCUT2D eigenvalue weighted by atomic mass is 32.2. The normalized spacial score (nSPS) is 13.3. The van der Waals surface area contributed by atoms with E-state index in [0.29, 0.717) is 0 Å². The van der Waals surface area contributed by atoms with E-state index in [4.69, 9.17) is 4.42 Å². The van der Waals surface area contributed by atoms with Gasteiger partial charge >= 0.3 is 0 Å². The molecule has 0 atom stereocenters.